The van der Waals surface area contributed by atoms with Crippen molar-refractivity contribution in [1.29, 1.82) is 0 Å². The van der Waals surface area contributed by atoms with E-state index in [0.29, 0.717) is 0 Å². The summed E-state index contributed by atoms with van der Waals surface area (Å²) in [6, 6.07) is 0. The second-order valence-electron chi connectivity index (χ2n) is 5.46. The van der Waals surface area contributed by atoms with E-state index in [4.69, 9.17) is 5.73 Å². The predicted molar refractivity (Wildman–Crippen MR) is 83.3 cm³/mol. The first kappa shape index (κ1) is 15.7. The van der Waals surface area contributed by atoms with Crippen molar-refractivity contribution in [2.24, 2.45) is 16.6 Å². The molecular weight excluding hydrogens is 242 g/mol. The Hall–Kier alpha value is -0.380. The van der Waals surface area contributed by atoms with Gasteiger partial charge in [-0.1, -0.05) is 26.7 Å². The van der Waals surface area contributed by atoms with Gasteiger partial charge in [-0.15, -0.1) is 0 Å². The zero-order valence-electron chi connectivity index (χ0n) is 12.0. The van der Waals surface area contributed by atoms with E-state index in [9.17, 15) is 0 Å². The Balaban J connectivity index is 2.12. The van der Waals surface area contributed by atoms with Crippen LogP contribution in [-0.2, 0) is 0 Å². The van der Waals surface area contributed by atoms with Crippen LogP contribution >= 0.6 is 11.8 Å². The predicted octanol–water partition coefficient (Wildman–Crippen LogP) is 2.96. The van der Waals surface area contributed by atoms with E-state index in [0.717, 1.165) is 37.9 Å². The molecule has 0 aromatic rings. The van der Waals surface area contributed by atoms with E-state index < -0.39 is 0 Å². The summed E-state index contributed by atoms with van der Waals surface area (Å²) in [4.78, 5) is 6.77. The van der Waals surface area contributed by atoms with E-state index in [1.807, 2.05) is 11.8 Å². The fourth-order valence-electron chi connectivity index (χ4n) is 2.08. The number of hydrogen-bond donors (Lipinski definition) is 1. The highest BCUT2D eigenvalue weighted by Gasteiger charge is 2.10. The highest BCUT2D eigenvalue weighted by Crippen LogP contribution is 2.10. The molecule has 0 radical (unpaired) electrons. The molecule has 0 amide bonds. The smallest absolute Gasteiger partial charge is 0.191 e. The lowest BCUT2D eigenvalue weighted by atomic mass is 10.2. The van der Waals surface area contributed by atoms with Crippen LogP contribution in [0.4, 0.5) is 0 Å². The maximum absolute atomic E-state index is 6.05. The topological polar surface area (TPSA) is 41.6 Å². The van der Waals surface area contributed by atoms with Gasteiger partial charge in [0, 0.05) is 19.6 Å². The number of nitrogens with two attached hydrogens (primary N) is 1. The maximum Gasteiger partial charge on any atom is 0.191 e. The third kappa shape index (κ3) is 7.14. The normalized spacial score (nSPS) is 18.2. The Morgan fingerprint density at radius 2 is 1.89 bits per heavy atom. The lowest BCUT2D eigenvalue weighted by Crippen LogP contribution is -2.38. The summed E-state index contributed by atoms with van der Waals surface area (Å²) in [5.41, 5.74) is 6.05. The fraction of sp³-hybridized carbons (Fsp3) is 0.929. The molecule has 0 aliphatic carbocycles. The average molecular weight is 271 g/mol. The minimum absolute atomic E-state index is 0.769. The summed E-state index contributed by atoms with van der Waals surface area (Å²) in [6.45, 7) is 7.60. The van der Waals surface area contributed by atoms with Gasteiger partial charge in [0.2, 0.25) is 0 Å². The molecule has 0 aromatic heterocycles. The van der Waals surface area contributed by atoms with Crippen LogP contribution in [0.15, 0.2) is 4.99 Å². The molecule has 1 aliphatic heterocycles. The highest BCUT2D eigenvalue weighted by molar-refractivity contribution is 7.99. The van der Waals surface area contributed by atoms with Crippen molar-refractivity contribution < 1.29 is 0 Å². The number of nitrogens with zero attached hydrogens (tertiary/aromatic N) is 2. The molecule has 0 atom stereocenters. The van der Waals surface area contributed by atoms with Crippen molar-refractivity contribution in [1.82, 2.24) is 4.90 Å². The third-order valence-corrected chi connectivity index (χ3v) is 4.58. The first-order valence-electron chi connectivity index (χ1n) is 7.32. The molecule has 0 bridgehead atoms. The molecule has 0 aromatic carbocycles. The number of hydrogen-bond acceptors (Lipinski definition) is 2. The summed E-state index contributed by atoms with van der Waals surface area (Å²) < 4.78 is 0. The maximum atomic E-state index is 6.05. The van der Waals surface area contributed by atoms with E-state index in [-0.39, 0.29) is 0 Å². The van der Waals surface area contributed by atoms with E-state index in [1.54, 1.807) is 0 Å². The fourth-order valence-corrected chi connectivity index (χ4v) is 3.05. The van der Waals surface area contributed by atoms with Crippen LogP contribution in [0.3, 0.4) is 0 Å². The molecule has 3 nitrogen and oxygen atoms in total. The van der Waals surface area contributed by atoms with Gasteiger partial charge in [-0.25, -0.2) is 0 Å². The van der Waals surface area contributed by atoms with Crippen molar-refractivity contribution in [3.63, 3.8) is 0 Å². The van der Waals surface area contributed by atoms with Crippen LogP contribution in [0, 0.1) is 5.92 Å². The van der Waals surface area contributed by atoms with Crippen LogP contribution in [0.2, 0.25) is 0 Å². The lowest BCUT2D eigenvalue weighted by molar-refractivity contribution is 0.428. The van der Waals surface area contributed by atoms with Crippen LogP contribution in [0.25, 0.3) is 0 Å². The molecule has 2 N–H and O–H groups in total. The number of rotatable bonds is 6. The van der Waals surface area contributed by atoms with Crippen molar-refractivity contribution in [2.75, 3.05) is 31.1 Å². The van der Waals surface area contributed by atoms with Gasteiger partial charge in [-0.2, -0.15) is 11.8 Å². The molecule has 1 rings (SSSR count). The number of thioether (sulfide) groups is 1. The standard InChI is InChI=1S/C14H29N3S/c1-13(2)12-18-11-7-8-16-14(15)17-9-5-3-4-6-10-17/h13H,3-12H2,1-2H3,(H2,15,16). The van der Waals surface area contributed by atoms with Gasteiger partial charge >= 0.3 is 0 Å². The Morgan fingerprint density at radius 3 is 2.50 bits per heavy atom. The van der Waals surface area contributed by atoms with Crippen molar-refractivity contribution >= 4 is 17.7 Å². The molecule has 1 aliphatic rings. The van der Waals surface area contributed by atoms with Gasteiger partial charge < -0.3 is 10.6 Å². The monoisotopic (exact) mass is 271 g/mol. The van der Waals surface area contributed by atoms with Crippen LogP contribution in [0.1, 0.15) is 46.0 Å². The number of guanidine groups is 1. The summed E-state index contributed by atoms with van der Waals surface area (Å²) in [7, 11) is 0. The van der Waals surface area contributed by atoms with Gasteiger partial charge in [-0.3, -0.25) is 4.99 Å². The van der Waals surface area contributed by atoms with E-state index >= 15 is 0 Å². The third-order valence-electron chi connectivity index (χ3n) is 3.10. The van der Waals surface area contributed by atoms with Crippen molar-refractivity contribution in [3.05, 3.63) is 0 Å². The van der Waals surface area contributed by atoms with Gasteiger partial charge in [0.25, 0.3) is 0 Å². The van der Waals surface area contributed by atoms with Crippen LogP contribution in [0.5, 0.6) is 0 Å². The van der Waals surface area contributed by atoms with E-state index in [2.05, 4.69) is 23.7 Å². The average Bonchev–Trinajstić information content (AvgIpc) is 2.61. The van der Waals surface area contributed by atoms with Gasteiger partial charge in [0.05, 0.1) is 0 Å². The summed E-state index contributed by atoms with van der Waals surface area (Å²) in [5.74, 6) is 4.02. The highest BCUT2D eigenvalue weighted by atomic mass is 32.2. The van der Waals surface area contributed by atoms with Crippen molar-refractivity contribution in [2.45, 2.75) is 46.0 Å². The van der Waals surface area contributed by atoms with Gasteiger partial charge in [0.15, 0.2) is 5.96 Å². The molecule has 1 saturated heterocycles. The number of likely N-dealkylation sites (tertiary alicyclic amines) is 1. The van der Waals surface area contributed by atoms with Crippen LogP contribution in [-0.4, -0.2) is 42.0 Å². The Bertz CT molecular complexity index is 233. The molecular formula is C14H29N3S. The first-order chi connectivity index (χ1) is 8.70. The quantitative estimate of drug-likeness (QED) is 0.459. The zero-order valence-corrected chi connectivity index (χ0v) is 12.8. The summed E-state index contributed by atoms with van der Waals surface area (Å²) in [5, 5.41) is 0. The molecule has 18 heavy (non-hydrogen) atoms. The Kier molecular flexibility index (Phi) is 8.31. The van der Waals surface area contributed by atoms with Crippen LogP contribution < -0.4 is 5.73 Å². The van der Waals surface area contributed by atoms with Gasteiger partial charge in [0.1, 0.15) is 0 Å². The largest absolute Gasteiger partial charge is 0.370 e. The minimum Gasteiger partial charge on any atom is -0.370 e. The molecule has 0 unspecified atom stereocenters. The lowest BCUT2D eigenvalue weighted by Gasteiger charge is -2.21. The second kappa shape index (κ2) is 9.54. The number of aliphatic imine (C=N–C) groups is 1. The zero-order chi connectivity index (χ0) is 13.2. The summed E-state index contributed by atoms with van der Waals surface area (Å²) in [6.07, 6.45) is 6.36. The summed E-state index contributed by atoms with van der Waals surface area (Å²) >= 11 is 2.03. The molecule has 0 saturated carbocycles. The van der Waals surface area contributed by atoms with Gasteiger partial charge in [-0.05, 0) is 36.7 Å². The van der Waals surface area contributed by atoms with E-state index in [1.165, 1.54) is 37.2 Å². The molecule has 0 spiro atoms. The first-order valence-corrected chi connectivity index (χ1v) is 8.48. The molecule has 106 valence electrons. The van der Waals surface area contributed by atoms with Crippen molar-refractivity contribution in [3.8, 4) is 0 Å². The Morgan fingerprint density at radius 1 is 1.22 bits per heavy atom. The minimum atomic E-state index is 0.769. The molecule has 1 fully saturated rings. The SMILES string of the molecule is CC(C)CSCCCN=C(N)N1CCCCCC1. The second-order valence-corrected chi connectivity index (χ2v) is 6.61. The molecule has 4 heteroatoms. The molecule has 1 heterocycles. The Labute approximate surface area is 117 Å².